The Morgan fingerprint density at radius 2 is 1.95 bits per heavy atom. The van der Waals surface area contributed by atoms with E-state index in [4.69, 9.17) is 9.47 Å². The second kappa shape index (κ2) is 5.44. The van der Waals surface area contributed by atoms with Crippen LogP contribution in [0.15, 0.2) is 30.2 Å². The molecule has 0 aliphatic heterocycles. The number of ether oxygens (including phenoxy) is 2. The van der Waals surface area contributed by atoms with Crippen molar-refractivity contribution in [3.63, 3.8) is 0 Å². The number of fused-ring (bicyclic) bond motifs is 1. The van der Waals surface area contributed by atoms with E-state index in [1.807, 2.05) is 12.1 Å². The van der Waals surface area contributed by atoms with E-state index < -0.39 is 0 Å². The minimum Gasteiger partial charge on any atom is -0.493 e. The molecule has 0 spiro atoms. The molecule has 0 saturated carbocycles. The molecule has 0 atom stereocenters. The number of nitrogens with one attached hydrogen (secondary N) is 1. The highest BCUT2D eigenvalue weighted by atomic mass is 16.5. The highest BCUT2D eigenvalue weighted by molar-refractivity contribution is 6.13. The van der Waals surface area contributed by atoms with Crippen molar-refractivity contribution in [1.82, 2.24) is 9.97 Å². The second-order valence-corrected chi connectivity index (χ2v) is 4.87. The molecule has 1 heterocycles. The molecule has 5 nitrogen and oxygen atoms in total. The van der Waals surface area contributed by atoms with Crippen molar-refractivity contribution in [2.45, 2.75) is 12.8 Å². The number of hydrogen-bond donors (Lipinski definition) is 1. The van der Waals surface area contributed by atoms with Crippen molar-refractivity contribution in [3.8, 4) is 11.5 Å². The topological polar surface area (TPSA) is 64.2 Å². The van der Waals surface area contributed by atoms with Crippen molar-refractivity contribution >= 4 is 11.9 Å². The van der Waals surface area contributed by atoms with Crippen LogP contribution in [0.4, 0.5) is 0 Å². The second-order valence-electron chi connectivity index (χ2n) is 4.87. The highest BCUT2D eigenvalue weighted by Crippen LogP contribution is 2.35. The number of carbonyl (C=O) groups excluding carboxylic acids is 1. The summed E-state index contributed by atoms with van der Waals surface area (Å²) in [5, 5.41) is 0. The molecule has 0 fully saturated rings. The maximum Gasteiger partial charge on any atom is 0.189 e. The molecule has 1 N–H and O–H groups in total. The van der Waals surface area contributed by atoms with Crippen LogP contribution in [0.1, 0.15) is 28.0 Å². The quantitative estimate of drug-likeness (QED) is 0.880. The van der Waals surface area contributed by atoms with Gasteiger partial charge in [0.05, 0.1) is 32.4 Å². The van der Waals surface area contributed by atoms with Gasteiger partial charge in [0.1, 0.15) is 0 Å². The van der Waals surface area contributed by atoms with E-state index in [1.165, 1.54) is 0 Å². The summed E-state index contributed by atoms with van der Waals surface area (Å²) >= 11 is 0. The monoisotopic (exact) mass is 284 g/mol. The largest absolute Gasteiger partial charge is 0.493 e. The van der Waals surface area contributed by atoms with Gasteiger partial charge in [0.15, 0.2) is 17.3 Å². The van der Waals surface area contributed by atoms with Gasteiger partial charge < -0.3 is 14.5 Å². The Bertz CT molecular complexity index is 703. The highest BCUT2D eigenvalue weighted by Gasteiger charge is 2.24. The van der Waals surface area contributed by atoms with Gasteiger partial charge in [-0.25, -0.2) is 4.98 Å². The molecule has 1 aliphatic rings. The lowest BCUT2D eigenvalue weighted by atomic mass is 9.86. The maximum atomic E-state index is 12.6. The lowest BCUT2D eigenvalue weighted by Crippen LogP contribution is -2.14. The van der Waals surface area contributed by atoms with Crippen molar-refractivity contribution in [3.05, 3.63) is 47.1 Å². The summed E-state index contributed by atoms with van der Waals surface area (Å²) in [7, 11) is 3.16. The Balaban J connectivity index is 2.01. The van der Waals surface area contributed by atoms with Crippen LogP contribution in [0.2, 0.25) is 0 Å². The Kier molecular flexibility index (Phi) is 3.48. The molecule has 0 amide bonds. The van der Waals surface area contributed by atoms with Gasteiger partial charge >= 0.3 is 0 Å². The summed E-state index contributed by atoms with van der Waals surface area (Å²) in [4.78, 5) is 19.6. The van der Waals surface area contributed by atoms with Crippen molar-refractivity contribution < 1.29 is 14.3 Å². The van der Waals surface area contributed by atoms with Crippen LogP contribution in [-0.4, -0.2) is 30.0 Å². The van der Waals surface area contributed by atoms with E-state index in [9.17, 15) is 4.79 Å². The van der Waals surface area contributed by atoms with Gasteiger partial charge in [-0.05, 0) is 36.6 Å². The lowest BCUT2D eigenvalue weighted by Gasteiger charge is -2.19. The van der Waals surface area contributed by atoms with Crippen molar-refractivity contribution in [2.24, 2.45) is 0 Å². The van der Waals surface area contributed by atoms with Crippen LogP contribution in [0.25, 0.3) is 6.08 Å². The Morgan fingerprint density at radius 3 is 2.62 bits per heavy atom. The maximum absolute atomic E-state index is 12.6. The standard InChI is InChI=1S/C16H16N2O3/c1-20-14-6-10-3-4-11(5-12-8-17-9-18-12)16(19)13(10)7-15(14)21-2/h5-9H,3-4H2,1-2H3,(H,17,18)/b11-5+. The number of aromatic amines is 1. The van der Waals surface area contributed by atoms with Crippen molar-refractivity contribution in [1.29, 1.82) is 0 Å². The molecule has 108 valence electrons. The van der Waals surface area contributed by atoms with Crippen LogP contribution < -0.4 is 9.47 Å². The van der Waals surface area contributed by atoms with E-state index in [2.05, 4.69) is 9.97 Å². The van der Waals surface area contributed by atoms with Crippen LogP contribution in [-0.2, 0) is 6.42 Å². The molecular weight excluding hydrogens is 268 g/mol. The lowest BCUT2D eigenvalue weighted by molar-refractivity contribution is 0.102. The first-order chi connectivity index (χ1) is 10.2. The number of carbonyl (C=O) groups is 1. The van der Waals surface area contributed by atoms with Gasteiger partial charge in [0.25, 0.3) is 0 Å². The van der Waals surface area contributed by atoms with Crippen LogP contribution in [0.3, 0.4) is 0 Å². The Morgan fingerprint density at radius 1 is 1.19 bits per heavy atom. The first-order valence-electron chi connectivity index (χ1n) is 6.71. The van der Waals surface area contributed by atoms with Gasteiger partial charge in [-0.2, -0.15) is 0 Å². The summed E-state index contributed by atoms with van der Waals surface area (Å²) in [6.07, 6.45) is 6.67. The number of Topliss-reactive ketones (excluding diaryl/α,β-unsaturated/α-hetero) is 1. The summed E-state index contributed by atoms with van der Waals surface area (Å²) in [5.41, 5.74) is 3.30. The third-order valence-corrected chi connectivity index (χ3v) is 3.66. The number of allylic oxidation sites excluding steroid dienone is 1. The molecule has 1 aromatic heterocycles. The molecular formula is C16H16N2O3. The molecule has 0 saturated heterocycles. The third-order valence-electron chi connectivity index (χ3n) is 3.66. The molecule has 1 aromatic carbocycles. The Labute approximate surface area is 122 Å². The van der Waals surface area contributed by atoms with E-state index in [0.717, 1.165) is 23.3 Å². The molecule has 0 unspecified atom stereocenters. The fraction of sp³-hybridized carbons (Fsp3) is 0.250. The van der Waals surface area contributed by atoms with E-state index in [0.29, 0.717) is 23.5 Å². The minimum absolute atomic E-state index is 0.0341. The predicted octanol–water partition coefficient (Wildman–Crippen LogP) is 2.64. The Hall–Kier alpha value is -2.56. The fourth-order valence-electron chi connectivity index (χ4n) is 2.57. The number of benzene rings is 1. The molecule has 0 bridgehead atoms. The number of hydrogen-bond acceptors (Lipinski definition) is 4. The first kappa shape index (κ1) is 13.4. The van der Waals surface area contributed by atoms with Gasteiger partial charge in [0.2, 0.25) is 0 Å². The third kappa shape index (κ3) is 2.42. The van der Waals surface area contributed by atoms with Gasteiger partial charge in [-0.3, -0.25) is 4.79 Å². The normalized spacial score (nSPS) is 15.9. The summed E-state index contributed by atoms with van der Waals surface area (Å²) in [6, 6.07) is 3.65. The van der Waals surface area contributed by atoms with Gasteiger partial charge in [-0.15, -0.1) is 0 Å². The molecule has 5 heteroatoms. The van der Waals surface area contributed by atoms with Crippen molar-refractivity contribution in [2.75, 3.05) is 14.2 Å². The summed E-state index contributed by atoms with van der Waals surface area (Å²) in [5.74, 6) is 1.27. The van der Waals surface area contributed by atoms with Crippen LogP contribution >= 0.6 is 0 Å². The zero-order chi connectivity index (χ0) is 14.8. The molecule has 1 aliphatic carbocycles. The number of nitrogens with zero attached hydrogens (tertiary/aromatic N) is 1. The average Bonchev–Trinajstić information content (AvgIpc) is 3.02. The van der Waals surface area contributed by atoms with E-state index >= 15 is 0 Å². The number of imidazole rings is 1. The number of aromatic nitrogens is 2. The smallest absolute Gasteiger partial charge is 0.189 e. The number of methoxy groups -OCH3 is 2. The minimum atomic E-state index is 0.0341. The predicted molar refractivity (Wildman–Crippen MR) is 78.8 cm³/mol. The zero-order valence-electron chi connectivity index (χ0n) is 12.0. The summed E-state index contributed by atoms with van der Waals surface area (Å²) < 4.78 is 10.6. The summed E-state index contributed by atoms with van der Waals surface area (Å²) in [6.45, 7) is 0. The number of aryl methyl sites for hydroxylation is 1. The average molecular weight is 284 g/mol. The molecule has 0 radical (unpaired) electrons. The fourth-order valence-corrected chi connectivity index (χ4v) is 2.57. The molecule has 3 rings (SSSR count). The molecule has 2 aromatic rings. The zero-order valence-corrected chi connectivity index (χ0v) is 12.0. The van der Waals surface area contributed by atoms with E-state index in [-0.39, 0.29) is 5.78 Å². The molecule has 21 heavy (non-hydrogen) atoms. The number of ketones is 1. The van der Waals surface area contributed by atoms with Gasteiger partial charge in [-0.1, -0.05) is 0 Å². The van der Waals surface area contributed by atoms with E-state index in [1.54, 1.807) is 32.8 Å². The number of H-pyrrole nitrogens is 1. The van der Waals surface area contributed by atoms with Crippen LogP contribution in [0, 0.1) is 0 Å². The first-order valence-corrected chi connectivity index (χ1v) is 6.71. The number of rotatable bonds is 3. The van der Waals surface area contributed by atoms with Crippen LogP contribution in [0.5, 0.6) is 11.5 Å². The van der Waals surface area contributed by atoms with Gasteiger partial charge in [0, 0.05) is 11.1 Å². The SMILES string of the molecule is COc1cc2c(cc1OC)C(=O)/C(=C/c1cnc[nH]1)CC2.